The Morgan fingerprint density at radius 3 is 1.95 bits per heavy atom. The maximum Gasteiger partial charge on any atom is 0.0384 e. The van der Waals surface area contributed by atoms with Gasteiger partial charge in [0.2, 0.25) is 0 Å². The summed E-state index contributed by atoms with van der Waals surface area (Å²) in [6.45, 7) is 0. The highest BCUT2D eigenvalue weighted by atomic mass is 14.9. The van der Waals surface area contributed by atoms with Crippen molar-refractivity contribution in [3.05, 3.63) is 90.3 Å². The Morgan fingerprint density at radius 1 is 0.650 bits per heavy atom. The molecule has 2 aromatic carbocycles. The number of para-hydroxylation sites is 1. The van der Waals surface area contributed by atoms with Crippen molar-refractivity contribution in [3.63, 3.8) is 0 Å². The van der Waals surface area contributed by atoms with Gasteiger partial charge >= 0.3 is 0 Å². The highest BCUT2D eigenvalue weighted by Crippen LogP contribution is 2.17. The van der Waals surface area contributed by atoms with Gasteiger partial charge in [0.1, 0.15) is 0 Å². The van der Waals surface area contributed by atoms with Crippen LogP contribution >= 0.6 is 0 Å². The minimum atomic E-state index is 0.939. The van der Waals surface area contributed by atoms with E-state index in [0.717, 1.165) is 17.8 Å². The first kappa shape index (κ1) is 12.4. The number of rotatable bonds is 4. The molecular formula is C18H16N2. The van der Waals surface area contributed by atoms with Crippen LogP contribution in [-0.4, -0.2) is 4.98 Å². The number of hydrogen-bond acceptors (Lipinski definition) is 2. The van der Waals surface area contributed by atoms with Gasteiger partial charge in [0.15, 0.2) is 0 Å². The molecule has 0 bridgehead atoms. The largest absolute Gasteiger partial charge is 0.356 e. The van der Waals surface area contributed by atoms with Gasteiger partial charge in [-0.25, -0.2) is 0 Å². The molecule has 20 heavy (non-hydrogen) atoms. The predicted molar refractivity (Wildman–Crippen MR) is 83.2 cm³/mol. The van der Waals surface area contributed by atoms with Crippen molar-refractivity contribution in [3.8, 4) is 0 Å². The molecule has 0 fully saturated rings. The molecule has 3 rings (SSSR count). The zero-order chi connectivity index (χ0) is 13.6. The van der Waals surface area contributed by atoms with E-state index < -0.39 is 0 Å². The second kappa shape index (κ2) is 6.02. The summed E-state index contributed by atoms with van der Waals surface area (Å²) in [6, 6.07) is 22.8. The van der Waals surface area contributed by atoms with Gasteiger partial charge in [-0.05, 0) is 53.9 Å². The van der Waals surface area contributed by atoms with Crippen LogP contribution in [0.1, 0.15) is 11.1 Å². The molecule has 2 heteroatoms. The Kier molecular flexibility index (Phi) is 3.74. The fourth-order valence-electron chi connectivity index (χ4n) is 2.13. The highest BCUT2D eigenvalue weighted by Gasteiger charge is 1.97. The molecule has 0 radical (unpaired) electrons. The standard InChI is InChI=1S/C18H16N2/c1-2-4-17(5-3-1)20-18-8-6-15(7-9-18)14-16-10-12-19-13-11-16/h1-13,20H,14H2. The molecule has 0 spiro atoms. The van der Waals surface area contributed by atoms with Crippen molar-refractivity contribution in [2.24, 2.45) is 0 Å². The first-order chi connectivity index (χ1) is 9.90. The molecule has 0 aliphatic carbocycles. The molecule has 3 aromatic rings. The topological polar surface area (TPSA) is 24.9 Å². The van der Waals surface area contributed by atoms with E-state index in [2.05, 4.69) is 58.8 Å². The molecule has 0 saturated carbocycles. The van der Waals surface area contributed by atoms with Crippen LogP contribution in [0, 0.1) is 0 Å². The van der Waals surface area contributed by atoms with Crippen LogP contribution in [0.3, 0.4) is 0 Å². The molecular weight excluding hydrogens is 244 g/mol. The van der Waals surface area contributed by atoms with Gasteiger partial charge in [0.25, 0.3) is 0 Å². The predicted octanol–water partition coefficient (Wildman–Crippen LogP) is 4.42. The Balaban J connectivity index is 1.69. The quantitative estimate of drug-likeness (QED) is 0.751. The third kappa shape index (κ3) is 3.23. The van der Waals surface area contributed by atoms with E-state index in [9.17, 15) is 0 Å². The van der Waals surface area contributed by atoms with Crippen LogP contribution < -0.4 is 5.32 Å². The molecule has 0 unspecified atom stereocenters. The van der Waals surface area contributed by atoms with E-state index in [4.69, 9.17) is 0 Å². The van der Waals surface area contributed by atoms with Crippen molar-refractivity contribution in [2.45, 2.75) is 6.42 Å². The molecule has 1 aromatic heterocycles. The van der Waals surface area contributed by atoms with Gasteiger partial charge in [0, 0.05) is 23.8 Å². The maximum absolute atomic E-state index is 4.04. The van der Waals surface area contributed by atoms with Crippen molar-refractivity contribution < 1.29 is 0 Å². The van der Waals surface area contributed by atoms with Crippen LogP contribution in [0.5, 0.6) is 0 Å². The minimum Gasteiger partial charge on any atom is -0.356 e. The lowest BCUT2D eigenvalue weighted by Crippen LogP contribution is -1.92. The monoisotopic (exact) mass is 260 g/mol. The fourth-order valence-corrected chi connectivity index (χ4v) is 2.13. The minimum absolute atomic E-state index is 0.939. The van der Waals surface area contributed by atoms with E-state index in [0.29, 0.717) is 0 Å². The summed E-state index contributed by atoms with van der Waals surface area (Å²) in [5.41, 5.74) is 4.79. The van der Waals surface area contributed by atoms with Gasteiger partial charge in [0.05, 0.1) is 0 Å². The number of pyridine rings is 1. The van der Waals surface area contributed by atoms with Crippen molar-refractivity contribution >= 4 is 11.4 Å². The normalized spacial score (nSPS) is 10.2. The average molecular weight is 260 g/mol. The SMILES string of the molecule is c1ccc(Nc2ccc(Cc3ccncc3)cc2)cc1. The molecule has 0 aliphatic heterocycles. The molecule has 2 nitrogen and oxygen atoms in total. The van der Waals surface area contributed by atoms with Crippen LogP contribution in [0.15, 0.2) is 79.1 Å². The molecule has 1 N–H and O–H groups in total. The Labute approximate surface area is 119 Å². The molecule has 0 aliphatic rings. The van der Waals surface area contributed by atoms with Crippen LogP contribution in [0.25, 0.3) is 0 Å². The Hall–Kier alpha value is -2.61. The zero-order valence-corrected chi connectivity index (χ0v) is 11.2. The van der Waals surface area contributed by atoms with E-state index in [-0.39, 0.29) is 0 Å². The first-order valence-corrected chi connectivity index (χ1v) is 6.70. The van der Waals surface area contributed by atoms with E-state index in [1.54, 1.807) is 0 Å². The van der Waals surface area contributed by atoms with Crippen LogP contribution in [0.4, 0.5) is 11.4 Å². The lowest BCUT2D eigenvalue weighted by Gasteiger charge is -2.07. The number of aromatic nitrogens is 1. The lowest BCUT2D eigenvalue weighted by atomic mass is 10.1. The van der Waals surface area contributed by atoms with E-state index in [1.165, 1.54) is 11.1 Å². The Morgan fingerprint density at radius 2 is 1.25 bits per heavy atom. The molecule has 0 amide bonds. The number of nitrogens with one attached hydrogen (secondary N) is 1. The number of anilines is 2. The van der Waals surface area contributed by atoms with Gasteiger partial charge in [-0.15, -0.1) is 0 Å². The van der Waals surface area contributed by atoms with Crippen molar-refractivity contribution in [1.82, 2.24) is 4.98 Å². The molecule has 0 atom stereocenters. The van der Waals surface area contributed by atoms with Crippen molar-refractivity contribution in [2.75, 3.05) is 5.32 Å². The van der Waals surface area contributed by atoms with E-state index in [1.807, 2.05) is 30.6 Å². The highest BCUT2D eigenvalue weighted by molar-refractivity contribution is 5.59. The van der Waals surface area contributed by atoms with E-state index >= 15 is 0 Å². The summed E-state index contributed by atoms with van der Waals surface area (Å²) in [5.74, 6) is 0. The summed E-state index contributed by atoms with van der Waals surface area (Å²) >= 11 is 0. The summed E-state index contributed by atoms with van der Waals surface area (Å²) in [5, 5.41) is 3.38. The van der Waals surface area contributed by atoms with Crippen molar-refractivity contribution in [1.29, 1.82) is 0 Å². The number of benzene rings is 2. The second-order valence-corrected chi connectivity index (χ2v) is 4.72. The second-order valence-electron chi connectivity index (χ2n) is 4.72. The summed E-state index contributed by atoms with van der Waals surface area (Å²) in [7, 11) is 0. The third-order valence-corrected chi connectivity index (χ3v) is 3.17. The van der Waals surface area contributed by atoms with Crippen LogP contribution in [0.2, 0.25) is 0 Å². The maximum atomic E-state index is 4.04. The third-order valence-electron chi connectivity index (χ3n) is 3.17. The smallest absolute Gasteiger partial charge is 0.0384 e. The number of nitrogens with zero attached hydrogens (tertiary/aromatic N) is 1. The summed E-state index contributed by atoms with van der Waals surface area (Å²) in [6.07, 6.45) is 4.61. The van der Waals surface area contributed by atoms with Gasteiger partial charge in [-0.1, -0.05) is 30.3 Å². The number of hydrogen-bond donors (Lipinski definition) is 1. The average Bonchev–Trinajstić information content (AvgIpc) is 2.51. The summed E-state index contributed by atoms with van der Waals surface area (Å²) < 4.78 is 0. The zero-order valence-electron chi connectivity index (χ0n) is 11.2. The Bertz CT molecular complexity index is 586. The molecule has 98 valence electrons. The van der Waals surface area contributed by atoms with Gasteiger partial charge in [-0.2, -0.15) is 0 Å². The fraction of sp³-hybridized carbons (Fsp3) is 0.0556. The van der Waals surface area contributed by atoms with Gasteiger partial charge < -0.3 is 5.32 Å². The first-order valence-electron chi connectivity index (χ1n) is 6.70. The van der Waals surface area contributed by atoms with Crippen LogP contribution in [-0.2, 0) is 6.42 Å². The van der Waals surface area contributed by atoms with Gasteiger partial charge in [-0.3, -0.25) is 4.98 Å². The lowest BCUT2D eigenvalue weighted by molar-refractivity contribution is 1.16. The summed E-state index contributed by atoms with van der Waals surface area (Å²) in [4.78, 5) is 4.04. The molecule has 0 saturated heterocycles. The molecule has 1 heterocycles.